The summed E-state index contributed by atoms with van der Waals surface area (Å²) in [6.45, 7) is 7.21. The zero-order valence-corrected chi connectivity index (χ0v) is 11.1. The van der Waals surface area contributed by atoms with Crippen molar-refractivity contribution < 1.29 is 13.3 Å². The average Bonchev–Trinajstić information content (AvgIpc) is 2.19. The zero-order chi connectivity index (χ0) is 11.2. The van der Waals surface area contributed by atoms with Crippen molar-refractivity contribution in [3.8, 4) is 0 Å². The third-order valence-electron chi connectivity index (χ3n) is 2.33. The summed E-state index contributed by atoms with van der Waals surface area (Å²) in [7, 11) is 2.39. The minimum absolute atomic E-state index is 0.146. The minimum Gasteiger partial charge on any atom is -0.376 e. The van der Waals surface area contributed by atoms with Crippen LogP contribution in [0.3, 0.4) is 0 Å². The van der Waals surface area contributed by atoms with Crippen molar-refractivity contribution in [3.05, 3.63) is 0 Å². The predicted octanol–water partition coefficient (Wildman–Crippen LogP) is 1.04. The Kier molecular flexibility index (Phi) is 6.55. The van der Waals surface area contributed by atoms with E-state index in [9.17, 15) is 0 Å². The summed E-state index contributed by atoms with van der Waals surface area (Å²) >= 11 is 0. The van der Waals surface area contributed by atoms with Gasteiger partial charge in [0.15, 0.2) is 0 Å². The molecule has 86 valence electrons. The number of hydrogen-bond donors (Lipinski definition) is 1. The first-order chi connectivity index (χ1) is 6.57. The lowest BCUT2D eigenvalue weighted by Crippen LogP contribution is -2.62. The van der Waals surface area contributed by atoms with Gasteiger partial charge in [0.2, 0.25) is 0 Å². The van der Waals surface area contributed by atoms with E-state index in [1.54, 1.807) is 21.3 Å². The molecule has 0 aromatic rings. The summed E-state index contributed by atoms with van der Waals surface area (Å²) in [5.74, 6) is 0.418. The Morgan fingerprint density at radius 1 is 1.07 bits per heavy atom. The van der Waals surface area contributed by atoms with E-state index < -0.39 is 8.80 Å². The van der Waals surface area contributed by atoms with Gasteiger partial charge in [-0.25, -0.2) is 0 Å². The third-order valence-corrected chi connectivity index (χ3v) is 5.66. The van der Waals surface area contributed by atoms with E-state index in [4.69, 9.17) is 13.3 Å². The minimum atomic E-state index is -2.54. The van der Waals surface area contributed by atoms with Gasteiger partial charge in [-0.15, -0.1) is 0 Å². The molecule has 0 aliphatic heterocycles. The standard InChI is InChI=1S/C9H23NO3Si/c1-7-10-9(8(2)3)14(11-4,12-5)13-6/h8-10H,7H2,1-6H3/t9-/m1/s1. The molecule has 0 saturated carbocycles. The van der Waals surface area contributed by atoms with E-state index in [1.807, 2.05) is 0 Å². The molecule has 0 aromatic carbocycles. The quantitative estimate of drug-likeness (QED) is 0.652. The maximum absolute atomic E-state index is 5.44. The lowest BCUT2D eigenvalue weighted by atomic mass is 10.2. The van der Waals surface area contributed by atoms with Gasteiger partial charge >= 0.3 is 8.80 Å². The molecule has 0 spiro atoms. The molecule has 0 amide bonds. The van der Waals surface area contributed by atoms with Crippen LogP contribution in [0.1, 0.15) is 20.8 Å². The highest BCUT2D eigenvalue weighted by Crippen LogP contribution is 2.18. The second-order valence-corrected chi connectivity index (χ2v) is 6.55. The first kappa shape index (κ1) is 14.1. The molecule has 5 heteroatoms. The Balaban J connectivity index is 4.70. The lowest BCUT2D eigenvalue weighted by Gasteiger charge is -2.35. The molecule has 0 aliphatic rings. The molecular weight excluding hydrogens is 198 g/mol. The highest BCUT2D eigenvalue weighted by Gasteiger charge is 2.48. The van der Waals surface area contributed by atoms with Crippen molar-refractivity contribution in [1.29, 1.82) is 0 Å². The van der Waals surface area contributed by atoms with E-state index in [2.05, 4.69) is 26.1 Å². The third kappa shape index (κ3) is 3.03. The van der Waals surface area contributed by atoms with Crippen LogP contribution in [0, 0.1) is 5.92 Å². The molecule has 0 aromatic heterocycles. The first-order valence-corrected chi connectivity index (χ1v) is 6.77. The fourth-order valence-corrected chi connectivity index (χ4v) is 4.15. The van der Waals surface area contributed by atoms with Crippen LogP contribution in [0.2, 0.25) is 0 Å². The van der Waals surface area contributed by atoms with Gasteiger partial charge in [-0.2, -0.15) is 0 Å². The molecule has 0 fully saturated rings. The molecular formula is C9H23NO3Si. The van der Waals surface area contributed by atoms with Crippen LogP contribution in [0.15, 0.2) is 0 Å². The van der Waals surface area contributed by atoms with E-state index in [0.717, 1.165) is 6.54 Å². The second kappa shape index (κ2) is 6.52. The molecule has 1 atom stereocenters. The molecule has 14 heavy (non-hydrogen) atoms. The fraction of sp³-hybridized carbons (Fsp3) is 1.00. The van der Waals surface area contributed by atoms with Crippen molar-refractivity contribution in [2.45, 2.75) is 26.4 Å². The second-order valence-electron chi connectivity index (χ2n) is 3.50. The van der Waals surface area contributed by atoms with E-state index in [0.29, 0.717) is 5.92 Å². The summed E-state index contributed by atoms with van der Waals surface area (Å²) in [6.07, 6.45) is 0. The van der Waals surface area contributed by atoms with Crippen molar-refractivity contribution in [2.24, 2.45) is 5.92 Å². The zero-order valence-electron chi connectivity index (χ0n) is 10.1. The Morgan fingerprint density at radius 2 is 1.50 bits per heavy atom. The normalized spacial score (nSPS) is 14.8. The highest BCUT2D eigenvalue weighted by atomic mass is 28.4. The maximum Gasteiger partial charge on any atom is 0.518 e. The van der Waals surface area contributed by atoms with Crippen molar-refractivity contribution >= 4 is 8.80 Å². The van der Waals surface area contributed by atoms with E-state index >= 15 is 0 Å². The average molecular weight is 221 g/mol. The molecule has 0 rings (SSSR count). The van der Waals surface area contributed by atoms with Crippen LogP contribution < -0.4 is 5.32 Å². The van der Waals surface area contributed by atoms with Crippen LogP contribution in [-0.2, 0) is 13.3 Å². The van der Waals surface area contributed by atoms with Crippen LogP contribution in [0.5, 0.6) is 0 Å². The number of hydrogen-bond acceptors (Lipinski definition) is 4. The lowest BCUT2D eigenvalue weighted by molar-refractivity contribution is 0.0994. The molecule has 0 saturated heterocycles. The first-order valence-electron chi connectivity index (χ1n) is 4.96. The molecule has 1 N–H and O–H groups in total. The topological polar surface area (TPSA) is 39.7 Å². The highest BCUT2D eigenvalue weighted by molar-refractivity contribution is 6.62. The maximum atomic E-state index is 5.44. The molecule has 0 bridgehead atoms. The fourth-order valence-electron chi connectivity index (χ4n) is 1.62. The van der Waals surface area contributed by atoms with Gasteiger partial charge in [0, 0.05) is 21.3 Å². The van der Waals surface area contributed by atoms with E-state index in [1.165, 1.54) is 0 Å². The summed E-state index contributed by atoms with van der Waals surface area (Å²) in [6, 6.07) is 0. The summed E-state index contributed by atoms with van der Waals surface area (Å²) in [4.78, 5) is 0. The van der Waals surface area contributed by atoms with Crippen molar-refractivity contribution in [2.75, 3.05) is 27.9 Å². The van der Waals surface area contributed by atoms with Crippen LogP contribution >= 0.6 is 0 Å². The Morgan fingerprint density at radius 3 is 1.71 bits per heavy atom. The smallest absolute Gasteiger partial charge is 0.376 e. The molecule has 0 heterocycles. The van der Waals surface area contributed by atoms with Crippen molar-refractivity contribution in [1.82, 2.24) is 5.32 Å². The predicted molar refractivity (Wildman–Crippen MR) is 59.1 cm³/mol. The van der Waals surface area contributed by atoms with Gasteiger partial charge in [0.25, 0.3) is 0 Å². The largest absolute Gasteiger partial charge is 0.518 e. The Labute approximate surface area is 88.3 Å². The van der Waals surface area contributed by atoms with Crippen LogP contribution in [0.25, 0.3) is 0 Å². The van der Waals surface area contributed by atoms with Gasteiger partial charge < -0.3 is 18.6 Å². The monoisotopic (exact) mass is 221 g/mol. The van der Waals surface area contributed by atoms with Gasteiger partial charge in [0.1, 0.15) is 0 Å². The Hall–Kier alpha value is 0.0569. The Bertz CT molecular complexity index is 143. The van der Waals surface area contributed by atoms with Gasteiger partial charge in [0.05, 0.1) is 5.67 Å². The molecule has 4 nitrogen and oxygen atoms in total. The number of rotatable bonds is 7. The molecule has 0 radical (unpaired) electrons. The van der Waals surface area contributed by atoms with Crippen LogP contribution in [0.4, 0.5) is 0 Å². The summed E-state index contributed by atoms with van der Waals surface area (Å²) < 4.78 is 16.3. The van der Waals surface area contributed by atoms with Gasteiger partial charge in [-0.05, 0) is 12.5 Å². The van der Waals surface area contributed by atoms with Crippen LogP contribution in [-0.4, -0.2) is 42.3 Å². The number of nitrogens with one attached hydrogen (secondary N) is 1. The molecule has 0 aliphatic carbocycles. The summed E-state index contributed by atoms with van der Waals surface area (Å²) in [5.41, 5.74) is 0.146. The molecule has 0 unspecified atom stereocenters. The van der Waals surface area contributed by atoms with Gasteiger partial charge in [-0.1, -0.05) is 20.8 Å². The van der Waals surface area contributed by atoms with Crippen molar-refractivity contribution in [3.63, 3.8) is 0 Å². The van der Waals surface area contributed by atoms with Gasteiger partial charge in [-0.3, -0.25) is 0 Å². The van der Waals surface area contributed by atoms with E-state index in [-0.39, 0.29) is 5.67 Å². The SMILES string of the molecule is CCN[C@@H](C(C)C)[Si](OC)(OC)OC. The summed E-state index contributed by atoms with van der Waals surface area (Å²) in [5, 5.41) is 3.36.